The van der Waals surface area contributed by atoms with E-state index in [1.54, 1.807) is 0 Å². The molecule has 0 amide bonds. The molecule has 0 N–H and O–H groups in total. The molecular formula is C13H19N. The summed E-state index contributed by atoms with van der Waals surface area (Å²) in [5.41, 5.74) is 3.17. The maximum absolute atomic E-state index is 4.57. The van der Waals surface area contributed by atoms with Crippen LogP contribution in [0.3, 0.4) is 0 Å². The van der Waals surface area contributed by atoms with Gasteiger partial charge in [-0.1, -0.05) is 26.8 Å². The van der Waals surface area contributed by atoms with E-state index in [0.717, 1.165) is 0 Å². The van der Waals surface area contributed by atoms with Gasteiger partial charge in [-0.15, -0.1) is 0 Å². The lowest BCUT2D eigenvalue weighted by molar-refractivity contribution is 0.283. The Morgan fingerprint density at radius 2 is 2.14 bits per heavy atom. The van der Waals surface area contributed by atoms with Crippen molar-refractivity contribution >= 4 is 0 Å². The predicted octanol–water partition coefficient (Wildman–Crippen LogP) is 3.55. The second-order valence-electron chi connectivity index (χ2n) is 5.36. The van der Waals surface area contributed by atoms with E-state index >= 15 is 0 Å². The molecule has 1 aliphatic rings. The molecule has 1 aliphatic carbocycles. The number of nitrogens with zero attached hydrogens (tertiary/aromatic N) is 1. The van der Waals surface area contributed by atoms with Gasteiger partial charge in [0.15, 0.2) is 0 Å². The van der Waals surface area contributed by atoms with Crippen LogP contribution >= 0.6 is 0 Å². The molecule has 76 valence electrons. The number of hydrogen-bond donors (Lipinski definition) is 0. The van der Waals surface area contributed by atoms with Crippen LogP contribution in [0.25, 0.3) is 0 Å². The number of aryl methyl sites for hydroxylation is 1. The molecule has 1 aromatic heterocycles. The van der Waals surface area contributed by atoms with E-state index in [-0.39, 0.29) is 0 Å². The molecule has 1 aromatic rings. The smallest absolute Gasteiger partial charge is 0.0471 e. The zero-order valence-corrected chi connectivity index (χ0v) is 9.38. The summed E-state index contributed by atoms with van der Waals surface area (Å²) < 4.78 is 0. The van der Waals surface area contributed by atoms with E-state index in [4.69, 9.17) is 0 Å². The van der Waals surface area contributed by atoms with E-state index in [1.807, 2.05) is 6.20 Å². The molecule has 0 aromatic carbocycles. The fourth-order valence-corrected chi connectivity index (χ4v) is 2.45. The van der Waals surface area contributed by atoms with Crippen LogP contribution in [-0.2, 0) is 6.42 Å². The van der Waals surface area contributed by atoms with E-state index in [2.05, 4.69) is 37.9 Å². The highest BCUT2D eigenvalue weighted by atomic mass is 14.7. The fourth-order valence-electron chi connectivity index (χ4n) is 2.45. The molecule has 0 aliphatic heterocycles. The van der Waals surface area contributed by atoms with Crippen molar-refractivity contribution in [3.8, 4) is 0 Å². The summed E-state index contributed by atoms with van der Waals surface area (Å²) >= 11 is 0. The predicted molar refractivity (Wildman–Crippen MR) is 59.4 cm³/mol. The van der Waals surface area contributed by atoms with Crippen molar-refractivity contribution in [2.45, 2.75) is 46.0 Å². The SMILES string of the molecule is CC(C)(C)C1CCCc2cccnc21. The van der Waals surface area contributed by atoms with E-state index in [1.165, 1.54) is 30.5 Å². The lowest BCUT2D eigenvalue weighted by Crippen LogP contribution is -2.24. The minimum absolute atomic E-state index is 0.351. The number of pyridine rings is 1. The lowest BCUT2D eigenvalue weighted by atomic mass is 9.71. The average Bonchev–Trinajstić information content (AvgIpc) is 2.15. The van der Waals surface area contributed by atoms with Crippen molar-refractivity contribution in [1.82, 2.24) is 4.98 Å². The first kappa shape index (κ1) is 9.70. The molecule has 0 fully saturated rings. The molecule has 1 heteroatoms. The Bertz CT molecular complexity index is 322. The van der Waals surface area contributed by atoms with E-state index in [9.17, 15) is 0 Å². The second kappa shape index (κ2) is 3.38. The lowest BCUT2D eigenvalue weighted by Gasteiger charge is -2.34. The first-order chi connectivity index (χ1) is 6.59. The zero-order valence-electron chi connectivity index (χ0n) is 9.38. The Morgan fingerprint density at radius 3 is 2.86 bits per heavy atom. The minimum atomic E-state index is 0.351. The summed E-state index contributed by atoms with van der Waals surface area (Å²) in [6.45, 7) is 6.96. The van der Waals surface area contributed by atoms with Gasteiger partial charge in [0, 0.05) is 17.8 Å². The molecule has 0 radical (unpaired) electrons. The second-order valence-corrected chi connectivity index (χ2v) is 5.36. The van der Waals surface area contributed by atoms with Gasteiger partial charge in [0.2, 0.25) is 0 Å². The molecule has 2 rings (SSSR count). The van der Waals surface area contributed by atoms with Crippen LogP contribution in [0, 0.1) is 5.41 Å². The van der Waals surface area contributed by atoms with Gasteiger partial charge in [0.1, 0.15) is 0 Å². The van der Waals surface area contributed by atoms with Crippen LogP contribution in [0.15, 0.2) is 18.3 Å². The Labute approximate surface area is 86.6 Å². The highest BCUT2D eigenvalue weighted by Crippen LogP contribution is 2.42. The average molecular weight is 189 g/mol. The summed E-state index contributed by atoms with van der Waals surface area (Å²) in [7, 11) is 0. The fraction of sp³-hybridized carbons (Fsp3) is 0.615. The van der Waals surface area contributed by atoms with Crippen molar-refractivity contribution in [2.24, 2.45) is 5.41 Å². The maximum Gasteiger partial charge on any atom is 0.0471 e. The molecule has 0 bridgehead atoms. The van der Waals surface area contributed by atoms with Crippen molar-refractivity contribution < 1.29 is 0 Å². The van der Waals surface area contributed by atoms with Gasteiger partial charge in [-0.3, -0.25) is 4.98 Å². The van der Waals surface area contributed by atoms with Gasteiger partial charge in [0.05, 0.1) is 0 Å². The third-order valence-electron chi connectivity index (χ3n) is 3.24. The van der Waals surface area contributed by atoms with Gasteiger partial charge >= 0.3 is 0 Å². The number of fused-ring (bicyclic) bond motifs is 1. The van der Waals surface area contributed by atoms with Crippen molar-refractivity contribution in [1.29, 1.82) is 0 Å². The molecule has 1 nitrogen and oxygen atoms in total. The largest absolute Gasteiger partial charge is 0.261 e. The summed E-state index contributed by atoms with van der Waals surface area (Å²) in [5, 5.41) is 0. The van der Waals surface area contributed by atoms with Crippen molar-refractivity contribution in [3.05, 3.63) is 29.6 Å². The normalized spacial score (nSPS) is 21.8. The molecule has 0 saturated carbocycles. The number of aromatic nitrogens is 1. The molecule has 14 heavy (non-hydrogen) atoms. The van der Waals surface area contributed by atoms with Gasteiger partial charge in [-0.2, -0.15) is 0 Å². The van der Waals surface area contributed by atoms with Crippen molar-refractivity contribution in [2.75, 3.05) is 0 Å². The van der Waals surface area contributed by atoms with Crippen LogP contribution < -0.4 is 0 Å². The van der Waals surface area contributed by atoms with Crippen LogP contribution in [-0.4, -0.2) is 4.98 Å². The van der Waals surface area contributed by atoms with Crippen LogP contribution in [0.1, 0.15) is 50.8 Å². The zero-order chi connectivity index (χ0) is 10.2. The van der Waals surface area contributed by atoms with Gasteiger partial charge in [-0.05, 0) is 36.3 Å². The first-order valence-corrected chi connectivity index (χ1v) is 5.53. The summed E-state index contributed by atoms with van der Waals surface area (Å²) in [4.78, 5) is 4.57. The molecule has 1 heterocycles. The van der Waals surface area contributed by atoms with Crippen LogP contribution in [0.5, 0.6) is 0 Å². The van der Waals surface area contributed by atoms with Gasteiger partial charge in [-0.25, -0.2) is 0 Å². The Balaban J connectivity index is 2.41. The Morgan fingerprint density at radius 1 is 1.36 bits per heavy atom. The minimum Gasteiger partial charge on any atom is -0.261 e. The molecule has 0 spiro atoms. The van der Waals surface area contributed by atoms with Gasteiger partial charge in [0.25, 0.3) is 0 Å². The van der Waals surface area contributed by atoms with Crippen molar-refractivity contribution in [3.63, 3.8) is 0 Å². The molecular weight excluding hydrogens is 170 g/mol. The third-order valence-corrected chi connectivity index (χ3v) is 3.24. The van der Waals surface area contributed by atoms with E-state index in [0.29, 0.717) is 11.3 Å². The molecule has 0 saturated heterocycles. The number of rotatable bonds is 0. The number of hydrogen-bond acceptors (Lipinski definition) is 1. The summed E-state index contributed by atoms with van der Waals surface area (Å²) in [6, 6.07) is 4.30. The molecule has 1 unspecified atom stereocenters. The van der Waals surface area contributed by atoms with Crippen LogP contribution in [0.2, 0.25) is 0 Å². The van der Waals surface area contributed by atoms with Gasteiger partial charge < -0.3 is 0 Å². The summed E-state index contributed by atoms with van der Waals surface area (Å²) in [5.74, 6) is 0.646. The highest BCUT2D eigenvalue weighted by molar-refractivity contribution is 5.27. The monoisotopic (exact) mass is 189 g/mol. The van der Waals surface area contributed by atoms with Crippen LogP contribution in [0.4, 0.5) is 0 Å². The third kappa shape index (κ3) is 1.68. The maximum atomic E-state index is 4.57. The van der Waals surface area contributed by atoms with E-state index < -0.39 is 0 Å². The Kier molecular flexibility index (Phi) is 2.34. The first-order valence-electron chi connectivity index (χ1n) is 5.53. The highest BCUT2D eigenvalue weighted by Gasteiger charge is 2.31. The Hall–Kier alpha value is -0.850. The standard InChI is InChI=1S/C13H19N/c1-13(2,3)11-8-4-6-10-7-5-9-14-12(10)11/h5,7,9,11H,4,6,8H2,1-3H3. The quantitative estimate of drug-likeness (QED) is 0.608. The topological polar surface area (TPSA) is 12.9 Å². The summed E-state index contributed by atoms with van der Waals surface area (Å²) in [6.07, 6.45) is 5.77. The molecule has 1 atom stereocenters.